The van der Waals surface area contributed by atoms with Gasteiger partial charge in [0, 0.05) is 19.3 Å². The van der Waals surface area contributed by atoms with Crippen molar-refractivity contribution in [2.45, 2.75) is 342 Å². The van der Waals surface area contributed by atoms with Gasteiger partial charge in [-0.05, 0) is 25.2 Å². The number of carbonyl (C=O) groups excluding carboxylic acids is 3. The molecule has 1 unspecified atom stereocenters. The first-order chi connectivity index (χ1) is 31.9. The predicted molar refractivity (Wildman–Crippen MR) is 280 cm³/mol. The molecule has 6 heteroatoms. The van der Waals surface area contributed by atoms with Crippen molar-refractivity contribution < 1.29 is 28.6 Å². The second-order valence-electron chi connectivity index (χ2n) is 20.5. The van der Waals surface area contributed by atoms with Gasteiger partial charge in [0.2, 0.25) is 0 Å². The summed E-state index contributed by atoms with van der Waals surface area (Å²) in [5.41, 5.74) is 0. The fourth-order valence-corrected chi connectivity index (χ4v) is 9.07. The average molecular weight is 920 g/mol. The van der Waals surface area contributed by atoms with Gasteiger partial charge in [0.25, 0.3) is 0 Å². The van der Waals surface area contributed by atoms with Crippen LogP contribution in [0.5, 0.6) is 0 Å². The summed E-state index contributed by atoms with van der Waals surface area (Å²) >= 11 is 0. The lowest BCUT2D eigenvalue weighted by Gasteiger charge is -2.18. The maximum absolute atomic E-state index is 12.9. The van der Waals surface area contributed by atoms with Crippen LogP contribution in [0.15, 0.2) is 0 Å². The van der Waals surface area contributed by atoms with E-state index in [1.807, 2.05) is 0 Å². The normalized spacial score (nSPS) is 12.4. The summed E-state index contributed by atoms with van der Waals surface area (Å²) in [7, 11) is 0. The summed E-state index contributed by atoms with van der Waals surface area (Å²) in [4.78, 5) is 38.1. The van der Waals surface area contributed by atoms with Gasteiger partial charge in [0.15, 0.2) is 6.10 Å². The van der Waals surface area contributed by atoms with E-state index < -0.39 is 6.10 Å². The average Bonchev–Trinajstić information content (AvgIpc) is 3.30. The topological polar surface area (TPSA) is 78.9 Å². The molecule has 0 aromatic rings. The van der Waals surface area contributed by atoms with Crippen molar-refractivity contribution in [3.8, 4) is 0 Å². The Morgan fingerprint density at radius 2 is 0.538 bits per heavy atom. The number of ether oxygens (including phenoxy) is 3. The summed E-state index contributed by atoms with van der Waals surface area (Å²) in [5, 5.41) is 0. The van der Waals surface area contributed by atoms with E-state index in [1.54, 1.807) is 0 Å². The minimum Gasteiger partial charge on any atom is -0.462 e. The molecule has 0 aromatic carbocycles. The van der Waals surface area contributed by atoms with E-state index >= 15 is 0 Å². The van der Waals surface area contributed by atoms with Crippen LogP contribution < -0.4 is 0 Å². The van der Waals surface area contributed by atoms with Crippen LogP contribution in [0.1, 0.15) is 336 Å². The molecule has 0 N–H and O–H groups in total. The van der Waals surface area contributed by atoms with Gasteiger partial charge in [0.1, 0.15) is 13.2 Å². The standard InChI is InChI=1S/C59H114O6/c1-5-8-10-12-14-16-18-20-22-23-24-25-26-28-30-36-40-44-48-52-59(62)65-56(53-63-57(60)50-46-42-38-34-29-27-21-19-17-15-13-11-9-6-2)54-64-58(61)51-47-43-39-35-32-31-33-37-41-45-49-55(4)7-3/h55-56H,5-54H2,1-4H3/t55?,56-/m0/s1. The van der Waals surface area contributed by atoms with E-state index in [4.69, 9.17) is 14.2 Å². The lowest BCUT2D eigenvalue weighted by atomic mass is 9.99. The monoisotopic (exact) mass is 919 g/mol. The van der Waals surface area contributed by atoms with Crippen molar-refractivity contribution in [3.63, 3.8) is 0 Å². The van der Waals surface area contributed by atoms with Gasteiger partial charge >= 0.3 is 17.9 Å². The van der Waals surface area contributed by atoms with Crippen LogP contribution in [0.25, 0.3) is 0 Å². The Kier molecular flexibility index (Phi) is 52.1. The Labute approximate surface area is 406 Å². The summed E-state index contributed by atoms with van der Waals surface area (Å²) < 4.78 is 16.9. The Bertz CT molecular complexity index is 982. The third kappa shape index (κ3) is 51.6. The van der Waals surface area contributed by atoms with Gasteiger partial charge < -0.3 is 14.2 Å². The van der Waals surface area contributed by atoms with Crippen molar-refractivity contribution in [1.82, 2.24) is 0 Å². The van der Waals surface area contributed by atoms with Gasteiger partial charge in [0.05, 0.1) is 0 Å². The number of hydrogen-bond acceptors (Lipinski definition) is 6. The molecule has 2 atom stereocenters. The summed E-state index contributed by atoms with van der Waals surface area (Å²) in [6, 6.07) is 0. The van der Waals surface area contributed by atoms with Gasteiger partial charge in [-0.1, -0.05) is 297 Å². The molecule has 65 heavy (non-hydrogen) atoms. The molecule has 0 saturated carbocycles. The summed E-state index contributed by atoms with van der Waals surface area (Å²) in [5.74, 6) is 0.0345. The maximum atomic E-state index is 12.9. The predicted octanol–water partition coefficient (Wildman–Crippen LogP) is 19.4. The van der Waals surface area contributed by atoms with Gasteiger partial charge in [-0.25, -0.2) is 0 Å². The SMILES string of the molecule is CCCCCCCCCCCCCCCCCCCCCC(=O)O[C@@H](COC(=O)CCCCCCCCCCCCCCCC)COC(=O)CCCCCCCCCCCCC(C)CC. The molecule has 386 valence electrons. The number of hydrogen-bond donors (Lipinski definition) is 0. The minimum atomic E-state index is -0.762. The molecule has 0 aliphatic heterocycles. The zero-order valence-electron chi connectivity index (χ0n) is 44.5. The van der Waals surface area contributed by atoms with E-state index in [2.05, 4.69) is 27.7 Å². The second-order valence-corrected chi connectivity index (χ2v) is 20.5. The summed E-state index contributed by atoms with van der Waals surface area (Å²) in [6.07, 6.45) is 58.0. The van der Waals surface area contributed by atoms with Crippen LogP contribution in [0, 0.1) is 5.92 Å². The third-order valence-corrected chi connectivity index (χ3v) is 13.9. The molecule has 0 heterocycles. The van der Waals surface area contributed by atoms with Crippen molar-refractivity contribution >= 4 is 17.9 Å². The fraction of sp³-hybridized carbons (Fsp3) is 0.949. The molecule has 0 aliphatic carbocycles. The van der Waals surface area contributed by atoms with Gasteiger partial charge in [-0.2, -0.15) is 0 Å². The third-order valence-electron chi connectivity index (χ3n) is 13.9. The number of rotatable bonds is 54. The van der Waals surface area contributed by atoms with E-state index in [0.29, 0.717) is 19.3 Å². The molecule has 0 saturated heterocycles. The molecule has 0 radical (unpaired) electrons. The molecular weight excluding hydrogens is 805 g/mol. The first-order valence-electron chi connectivity index (χ1n) is 29.4. The molecule has 0 aliphatic rings. The highest BCUT2D eigenvalue weighted by Gasteiger charge is 2.19. The Morgan fingerprint density at radius 3 is 0.800 bits per heavy atom. The molecule has 0 amide bonds. The van der Waals surface area contributed by atoms with Crippen LogP contribution >= 0.6 is 0 Å². The molecule has 0 fully saturated rings. The quantitative estimate of drug-likeness (QED) is 0.0344. The van der Waals surface area contributed by atoms with Gasteiger partial charge in [-0.15, -0.1) is 0 Å². The molecule has 0 spiro atoms. The largest absolute Gasteiger partial charge is 0.462 e. The Balaban J connectivity index is 4.29. The molecule has 0 bridgehead atoms. The first kappa shape index (κ1) is 63.4. The minimum absolute atomic E-state index is 0.0620. The maximum Gasteiger partial charge on any atom is 0.306 e. The Hall–Kier alpha value is -1.59. The lowest BCUT2D eigenvalue weighted by Crippen LogP contribution is -2.30. The molecule has 6 nitrogen and oxygen atoms in total. The zero-order valence-corrected chi connectivity index (χ0v) is 44.5. The lowest BCUT2D eigenvalue weighted by molar-refractivity contribution is -0.167. The van der Waals surface area contributed by atoms with E-state index in [9.17, 15) is 14.4 Å². The molecule has 0 rings (SSSR count). The van der Waals surface area contributed by atoms with Crippen LogP contribution in [0.2, 0.25) is 0 Å². The summed E-state index contributed by atoms with van der Waals surface area (Å²) in [6.45, 7) is 9.08. The van der Waals surface area contributed by atoms with Crippen molar-refractivity contribution in [2.24, 2.45) is 5.92 Å². The highest BCUT2D eigenvalue weighted by molar-refractivity contribution is 5.71. The van der Waals surface area contributed by atoms with E-state index in [1.165, 1.54) is 231 Å². The van der Waals surface area contributed by atoms with Crippen LogP contribution in [-0.2, 0) is 28.6 Å². The smallest absolute Gasteiger partial charge is 0.306 e. The molecule has 0 aromatic heterocycles. The van der Waals surface area contributed by atoms with Crippen LogP contribution in [0.3, 0.4) is 0 Å². The van der Waals surface area contributed by atoms with Gasteiger partial charge in [-0.3, -0.25) is 14.4 Å². The number of unbranched alkanes of at least 4 members (excludes halogenated alkanes) is 40. The van der Waals surface area contributed by atoms with Crippen LogP contribution in [-0.4, -0.2) is 37.2 Å². The zero-order chi connectivity index (χ0) is 47.4. The van der Waals surface area contributed by atoms with E-state index in [-0.39, 0.29) is 31.1 Å². The fourth-order valence-electron chi connectivity index (χ4n) is 9.07. The molecular formula is C59H114O6. The number of esters is 3. The van der Waals surface area contributed by atoms with Crippen molar-refractivity contribution in [3.05, 3.63) is 0 Å². The highest BCUT2D eigenvalue weighted by atomic mass is 16.6. The first-order valence-corrected chi connectivity index (χ1v) is 29.4. The highest BCUT2D eigenvalue weighted by Crippen LogP contribution is 2.18. The van der Waals surface area contributed by atoms with Crippen molar-refractivity contribution in [2.75, 3.05) is 13.2 Å². The Morgan fingerprint density at radius 1 is 0.308 bits per heavy atom. The van der Waals surface area contributed by atoms with Crippen molar-refractivity contribution in [1.29, 1.82) is 0 Å². The number of carbonyl (C=O) groups is 3. The van der Waals surface area contributed by atoms with Crippen LogP contribution in [0.4, 0.5) is 0 Å². The van der Waals surface area contributed by atoms with E-state index in [0.717, 1.165) is 63.7 Å². The second kappa shape index (κ2) is 53.4.